The number of carbonyl (C=O) groups is 1. The molecular weight excluding hydrogens is 350 g/mol. The van der Waals surface area contributed by atoms with Gasteiger partial charge in [0.1, 0.15) is 4.21 Å². The predicted octanol–water partition coefficient (Wildman–Crippen LogP) is 2.75. The van der Waals surface area contributed by atoms with Gasteiger partial charge < -0.3 is 0 Å². The molecule has 3 atom stereocenters. The number of thiophene rings is 1. The largest absolute Gasteiger partial charge is 0.274 e. The summed E-state index contributed by atoms with van der Waals surface area (Å²) in [6, 6.07) is 1.51. The third kappa shape index (κ3) is 2.87. The fourth-order valence-corrected chi connectivity index (χ4v) is 5.69. The van der Waals surface area contributed by atoms with Crippen LogP contribution in [0.4, 0.5) is 0 Å². The molecule has 1 amide bonds. The second-order valence-corrected chi connectivity index (χ2v) is 9.06. The van der Waals surface area contributed by atoms with Crippen LogP contribution in [0, 0.1) is 17.8 Å². The molecule has 1 N–H and O–H groups in total. The lowest BCUT2D eigenvalue weighted by Crippen LogP contribution is -2.36. The maximum atomic E-state index is 12.1. The second-order valence-electron chi connectivity index (χ2n) is 5.32. The molecule has 1 aromatic heterocycles. The van der Waals surface area contributed by atoms with E-state index in [1.165, 1.54) is 12.5 Å². The second kappa shape index (κ2) is 4.86. The SMILES string of the molecule is O=C(NS(=O)(=O)c1cc(Br)cs1)C1CCC2CC2C1. The van der Waals surface area contributed by atoms with Crippen LogP contribution in [0.5, 0.6) is 0 Å². The molecular formula is C12H14BrNO3S2. The van der Waals surface area contributed by atoms with Gasteiger partial charge in [0.15, 0.2) is 0 Å². The van der Waals surface area contributed by atoms with Gasteiger partial charge in [-0.05, 0) is 59.5 Å². The summed E-state index contributed by atoms with van der Waals surface area (Å²) < 4.78 is 27.2. The van der Waals surface area contributed by atoms with E-state index in [2.05, 4.69) is 20.7 Å². The molecule has 0 radical (unpaired) electrons. The van der Waals surface area contributed by atoms with E-state index in [1.54, 1.807) is 5.38 Å². The van der Waals surface area contributed by atoms with Gasteiger partial charge >= 0.3 is 0 Å². The fourth-order valence-electron chi connectivity index (χ4n) is 2.79. The minimum atomic E-state index is -3.70. The highest BCUT2D eigenvalue weighted by atomic mass is 79.9. The van der Waals surface area contributed by atoms with Gasteiger partial charge in [-0.15, -0.1) is 11.3 Å². The van der Waals surface area contributed by atoms with Crippen molar-refractivity contribution in [2.45, 2.75) is 29.9 Å². The molecule has 3 unspecified atom stereocenters. The van der Waals surface area contributed by atoms with Crippen LogP contribution in [-0.2, 0) is 14.8 Å². The Labute approximate surface area is 124 Å². The van der Waals surface area contributed by atoms with E-state index in [9.17, 15) is 13.2 Å². The number of hydrogen-bond acceptors (Lipinski definition) is 4. The van der Waals surface area contributed by atoms with Gasteiger partial charge in [0.2, 0.25) is 5.91 Å². The highest BCUT2D eigenvalue weighted by Gasteiger charge is 2.44. The molecule has 7 heteroatoms. The lowest BCUT2D eigenvalue weighted by molar-refractivity contribution is -0.124. The van der Waals surface area contributed by atoms with Gasteiger partial charge in [-0.2, -0.15) is 0 Å². The van der Waals surface area contributed by atoms with Crippen molar-refractivity contribution < 1.29 is 13.2 Å². The Bertz CT molecular complexity index is 610. The Morgan fingerprint density at radius 1 is 1.32 bits per heavy atom. The summed E-state index contributed by atoms with van der Waals surface area (Å²) in [6.07, 6.45) is 3.94. The molecule has 0 aliphatic heterocycles. The highest BCUT2D eigenvalue weighted by Crippen LogP contribution is 2.51. The minimum absolute atomic E-state index is 0.137. The first-order valence-corrected chi connectivity index (χ1v) is 9.42. The lowest BCUT2D eigenvalue weighted by atomic mass is 9.89. The summed E-state index contributed by atoms with van der Waals surface area (Å²) in [5, 5.41) is 1.69. The minimum Gasteiger partial charge on any atom is -0.274 e. The van der Waals surface area contributed by atoms with Crippen molar-refractivity contribution in [1.82, 2.24) is 4.72 Å². The summed E-state index contributed by atoms with van der Waals surface area (Å²) in [5.74, 6) is 0.980. The summed E-state index contributed by atoms with van der Waals surface area (Å²) in [5.41, 5.74) is 0. The van der Waals surface area contributed by atoms with Crippen LogP contribution in [0.1, 0.15) is 25.7 Å². The first kappa shape index (κ1) is 13.6. The van der Waals surface area contributed by atoms with E-state index in [-0.39, 0.29) is 16.0 Å². The van der Waals surface area contributed by atoms with Gasteiger partial charge in [-0.1, -0.05) is 0 Å². The fraction of sp³-hybridized carbons (Fsp3) is 0.583. The molecule has 104 valence electrons. The van der Waals surface area contributed by atoms with Crippen molar-refractivity contribution in [3.8, 4) is 0 Å². The summed E-state index contributed by atoms with van der Waals surface area (Å²) in [4.78, 5) is 12.1. The van der Waals surface area contributed by atoms with Gasteiger partial charge in [0.25, 0.3) is 10.0 Å². The zero-order chi connectivity index (χ0) is 13.6. The standard InChI is InChI=1S/C12H14BrNO3S2/c13-10-5-11(18-6-10)19(16,17)14-12(15)8-2-1-7-3-9(7)4-8/h5-9H,1-4H2,(H,14,15). The number of nitrogens with one attached hydrogen (secondary N) is 1. The van der Waals surface area contributed by atoms with E-state index in [4.69, 9.17) is 0 Å². The van der Waals surface area contributed by atoms with Crippen LogP contribution in [0.2, 0.25) is 0 Å². The van der Waals surface area contributed by atoms with E-state index < -0.39 is 10.0 Å². The van der Waals surface area contributed by atoms with Gasteiger partial charge in [-0.3, -0.25) is 4.79 Å². The van der Waals surface area contributed by atoms with Gasteiger partial charge in [0, 0.05) is 15.8 Å². The number of halogens is 1. The van der Waals surface area contributed by atoms with Crippen molar-refractivity contribution in [2.75, 3.05) is 0 Å². The summed E-state index contributed by atoms with van der Waals surface area (Å²) in [6.45, 7) is 0. The molecule has 0 bridgehead atoms. The maximum Gasteiger partial charge on any atom is 0.273 e. The van der Waals surface area contributed by atoms with Gasteiger partial charge in [0.05, 0.1) is 0 Å². The van der Waals surface area contributed by atoms with Crippen LogP contribution < -0.4 is 4.72 Å². The first-order chi connectivity index (χ1) is 8.95. The Kier molecular flexibility index (Phi) is 3.47. The average molecular weight is 364 g/mol. The molecule has 2 aliphatic rings. The van der Waals surface area contributed by atoms with E-state index >= 15 is 0 Å². The molecule has 0 aromatic carbocycles. The zero-order valence-electron chi connectivity index (χ0n) is 10.1. The Hall–Kier alpha value is -0.400. The molecule has 4 nitrogen and oxygen atoms in total. The number of carbonyl (C=O) groups excluding carboxylic acids is 1. The molecule has 0 spiro atoms. The van der Waals surface area contributed by atoms with Crippen molar-refractivity contribution in [3.05, 3.63) is 15.9 Å². The number of hydrogen-bond donors (Lipinski definition) is 1. The molecule has 0 saturated heterocycles. The van der Waals surface area contributed by atoms with E-state index in [0.717, 1.165) is 36.5 Å². The molecule has 19 heavy (non-hydrogen) atoms. The third-order valence-electron chi connectivity index (χ3n) is 3.96. The van der Waals surface area contributed by atoms with Crippen LogP contribution in [0.15, 0.2) is 20.1 Å². The molecule has 1 heterocycles. The van der Waals surface area contributed by atoms with Crippen molar-refractivity contribution in [2.24, 2.45) is 17.8 Å². The van der Waals surface area contributed by atoms with Gasteiger partial charge in [-0.25, -0.2) is 13.1 Å². The number of rotatable bonds is 3. The van der Waals surface area contributed by atoms with Crippen LogP contribution in [-0.4, -0.2) is 14.3 Å². The van der Waals surface area contributed by atoms with Crippen molar-refractivity contribution in [1.29, 1.82) is 0 Å². The monoisotopic (exact) mass is 363 g/mol. The van der Waals surface area contributed by atoms with Crippen LogP contribution in [0.25, 0.3) is 0 Å². The van der Waals surface area contributed by atoms with Crippen molar-refractivity contribution in [3.63, 3.8) is 0 Å². The van der Waals surface area contributed by atoms with E-state index in [0.29, 0.717) is 10.4 Å². The smallest absolute Gasteiger partial charge is 0.273 e. The highest BCUT2D eigenvalue weighted by molar-refractivity contribution is 9.10. The number of sulfonamides is 1. The Morgan fingerprint density at radius 3 is 2.74 bits per heavy atom. The molecule has 3 rings (SSSR count). The van der Waals surface area contributed by atoms with E-state index in [1.807, 2.05) is 0 Å². The first-order valence-electron chi connectivity index (χ1n) is 6.26. The summed E-state index contributed by atoms with van der Waals surface area (Å²) >= 11 is 4.32. The van der Waals surface area contributed by atoms with Crippen molar-refractivity contribution >= 4 is 43.2 Å². The van der Waals surface area contributed by atoms with Crippen LogP contribution in [0.3, 0.4) is 0 Å². The molecule has 2 aliphatic carbocycles. The van der Waals surface area contributed by atoms with Crippen LogP contribution >= 0.6 is 27.3 Å². The molecule has 1 aromatic rings. The topological polar surface area (TPSA) is 63.2 Å². The predicted molar refractivity (Wildman–Crippen MR) is 76.3 cm³/mol. The maximum absolute atomic E-state index is 12.1. The third-order valence-corrected chi connectivity index (χ3v) is 7.50. The Morgan fingerprint density at radius 2 is 2.11 bits per heavy atom. The molecule has 2 fully saturated rings. The lowest BCUT2D eigenvalue weighted by Gasteiger charge is -2.20. The zero-order valence-corrected chi connectivity index (χ0v) is 13.4. The normalized spacial score (nSPS) is 29.6. The average Bonchev–Trinajstić information content (AvgIpc) is 2.99. The quantitative estimate of drug-likeness (QED) is 0.897. The summed E-state index contributed by atoms with van der Waals surface area (Å²) in [7, 11) is -3.70. The molecule has 2 saturated carbocycles. The number of amides is 1. The number of fused-ring (bicyclic) bond motifs is 1. The Balaban J connectivity index is 1.68.